The molecule has 142 valence electrons. The second-order valence-corrected chi connectivity index (χ2v) is 10.4. The highest BCUT2D eigenvalue weighted by Crippen LogP contribution is 2.33. The van der Waals surface area contributed by atoms with Crippen LogP contribution in [0, 0.1) is 0 Å². The van der Waals surface area contributed by atoms with Crippen molar-refractivity contribution in [2.45, 2.75) is 53.9 Å². The first kappa shape index (κ1) is 19.0. The summed E-state index contributed by atoms with van der Waals surface area (Å²) in [5.41, 5.74) is 0.0775. The molecule has 2 aliphatic rings. The van der Waals surface area contributed by atoms with E-state index in [0.717, 1.165) is 36.3 Å². The van der Waals surface area contributed by atoms with Gasteiger partial charge in [0.05, 0.1) is 22.3 Å². The minimum atomic E-state index is -4.40. The Bertz CT molecular complexity index is 929. The Balaban J connectivity index is 1.87. The van der Waals surface area contributed by atoms with Crippen LogP contribution in [0.1, 0.15) is 38.5 Å². The number of nitrogens with zero attached hydrogens (tertiary/aromatic N) is 1. The lowest BCUT2D eigenvalue weighted by Gasteiger charge is -2.24. The van der Waals surface area contributed by atoms with Gasteiger partial charge in [-0.15, -0.1) is 0 Å². The van der Waals surface area contributed by atoms with E-state index in [9.17, 15) is 26.4 Å². The van der Waals surface area contributed by atoms with Crippen molar-refractivity contribution in [2.24, 2.45) is 0 Å². The summed E-state index contributed by atoms with van der Waals surface area (Å²) >= 11 is 0. The third-order valence-corrected chi connectivity index (χ3v) is 8.34. The molecule has 0 bridgehead atoms. The zero-order chi connectivity index (χ0) is 19.1. The van der Waals surface area contributed by atoms with Crippen molar-refractivity contribution in [3.8, 4) is 0 Å². The summed E-state index contributed by atoms with van der Waals surface area (Å²) in [6.45, 7) is 0. The number of hydrogen-bond acceptors (Lipinski definition) is 6. The van der Waals surface area contributed by atoms with E-state index in [1.165, 1.54) is 12.1 Å². The van der Waals surface area contributed by atoms with Gasteiger partial charge in [-0.05, 0) is 37.1 Å². The van der Waals surface area contributed by atoms with Crippen LogP contribution in [0.15, 0.2) is 29.2 Å². The van der Waals surface area contributed by atoms with E-state index in [4.69, 9.17) is 4.55 Å². The van der Waals surface area contributed by atoms with Gasteiger partial charge in [-0.3, -0.25) is 14.1 Å². The van der Waals surface area contributed by atoms with E-state index in [2.05, 4.69) is 0 Å². The molecule has 1 aromatic rings. The third kappa shape index (κ3) is 3.40. The highest BCUT2D eigenvalue weighted by molar-refractivity contribution is 7.93. The first-order valence-corrected chi connectivity index (χ1v) is 11.3. The van der Waals surface area contributed by atoms with Gasteiger partial charge in [0, 0.05) is 0 Å². The van der Waals surface area contributed by atoms with Crippen molar-refractivity contribution in [1.82, 2.24) is 0 Å². The van der Waals surface area contributed by atoms with Crippen molar-refractivity contribution < 1.29 is 31.0 Å². The Morgan fingerprint density at radius 2 is 1.50 bits per heavy atom. The number of anilines is 1. The fourth-order valence-electron chi connectivity index (χ4n) is 3.53. The molecule has 0 radical (unpaired) electrons. The molecule has 1 saturated heterocycles. The van der Waals surface area contributed by atoms with Gasteiger partial charge >= 0.3 is 0 Å². The quantitative estimate of drug-likeness (QED) is 0.595. The molecule has 1 aromatic carbocycles. The molecule has 0 spiro atoms. The average Bonchev–Trinajstić information content (AvgIpc) is 2.90. The van der Waals surface area contributed by atoms with Gasteiger partial charge in [0.15, 0.2) is 9.84 Å². The molecule has 1 aliphatic carbocycles. The standard InChI is InChI=1S/C16H19NO7S2/c18-15-10-14(25(20,21)12-4-2-1-3-5-12)16(19)17(15)11-6-8-13(9-7-11)26(22,23)24/h6-9,12,14H,1-5,10H2,(H,22,23,24). The number of hydrogen-bond donors (Lipinski definition) is 1. The van der Waals surface area contributed by atoms with Crippen molar-refractivity contribution in [1.29, 1.82) is 0 Å². The van der Waals surface area contributed by atoms with Crippen LogP contribution in [0.3, 0.4) is 0 Å². The normalized spacial score (nSPS) is 22.8. The molecule has 0 aromatic heterocycles. The molecule has 3 rings (SSSR count). The Morgan fingerprint density at radius 1 is 0.923 bits per heavy atom. The molecule has 1 N–H and O–H groups in total. The maximum atomic E-state index is 12.8. The third-order valence-electron chi connectivity index (χ3n) is 4.91. The maximum absolute atomic E-state index is 12.8. The molecule has 1 unspecified atom stereocenters. The topological polar surface area (TPSA) is 126 Å². The molecule has 2 fully saturated rings. The van der Waals surface area contributed by atoms with Crippen LogP contribution in [-0.4, -0.2) is 43.7 Å². The smallest absolute Gasteiger partial charge is 0.282 e. The summed E-state index contributed by atoms with van der Waals surface area (Å²) in [7, 11) is -8.17. The van der Waals surface area contributed by atoms with Gasteiger partial charge < -0.3 is 0 Å². The molecule has 1 saturated carbocycles. The summed E-state index contributed by atoms with van der Waals surface area (Å²) in [5, 5.41) is -1.99. The van der Waals surface area contributed by atoms with Gasteiger partial charge in [0.25, 0.3) is 16.0 Å². The summed E-state index contributed by atoms with van der Waals surface area (Å²) in [6, 6.07) is 4.48. The monoisotopic (exact) mass is 401 g/mol. The second-order valence-electron chi connectivity index (χ2n) is 6.58. The zero-order valence-electron chi connectivity index (χ0n) is 13.9. The Kier molecular flexibility index (Phi) is 4.93. The second kappa shape index (κ2) is 6.75. The fraction of sp³-hybridized carbons (Fsp3) is 0.500. The van der Waals surface area contributed by atoms with Gasteiger partial charge in [-0.25, -0.2) is 13.3 Å². The van der Waals surface area contributed by atoms with Crippen LogP contribution >= 0.6 is 0 Å². The lowest BCUT2D eigenvalue weighted by Crippen LogP contribution is -2.40. The van der Waals surface area contributed by atoms with Crippen LogP contribution in [0.2, 0.25) is 0 Å². The minimum Gasteiger partial charge on any atom is -0.282 e. The summed E-state index contributed by atoms with van der Waals surface area (Å²) < 4.78 is 56.7. The summed E-state index contributed by atoms with van der Waals surface area (Å²) in [5.74, 6) is -1.45. The summed E-state index contributed by atoms with van der Waals surface area (Å²) in [4.78, 5) is 25.3. The Labute approximate surface area is 151 Å². The van der Waals surface area contributed by atoms with Crippen molar-refractivity contribution in [3.63, 3.8) is 0 Å². The summed E-state index contributed by atoms with van der Waals surface area (Å²) in [6.07, 6.45) is 3.15. The van der Waals surface area contributed by atoms with Crippen LogP contribution in [0.25, 0.3) is 0 Å². The molecule has 1 heterocycles. The van der Waals surface area contributed by atoms with Gasteiger partial charge in [-0.2, -0.15) is 8.42 Å². The highest BCUT2D eigenvalue weighted by atomic mass is 32.2. The van der Waals surface area contributed by atoms with Crippen LogP contribution < -0.4 is 4.90 Å². The lowest BCUT2D eigenvalue weighted by atomic mass is 10.0. The maximum Gasteiger partial charge on any atom is 0.294 e. The number of sulfone groups is 1. The number of imide groups is 1. The van der Waals surface area contributed by atoms with Gasteiger partial charge in [-0.1, -0.05) is 19.3 Å². The van der Waals surface area contributed by atoms with E-state index in [-0.39, 0.29) is 10.6 Å². The first-order chi connectivity index (χ1) is 12.1. The number of carbonyl (C=O) groups excluding carboxylic acids is 2. The van der Waals surface area contributed by atoms with Crippen LogP contribution in [0.5, 0.6) is 0 Å². The first-order valence-electron chi connectivity index (χ1n) is 8.29. The van der Waals surface area contributed by atoms with Crippen molar-refractivity contribution in [2.75, 3.05) is 4.90 Å². The number of amides is 2. The predicted octanol–water partition coefficient (Wildman–Crippen LogP) is 1.31. The molecule has 10 heteroatoms. The average molecular weight is 401 g/mol. The fourth-order valence-corrected chi connectivity index (χ4v) is 6.22. The number of benzene rings is 1. The number of rotatable bonds is 4. The molecular weight excluding hydrogens is 382 g/mol. The molecule has 1 aliphatic heterocycles. The largest absolute Gasteiger partial charge is 0.294 e. The van der Waals surface area contributed by atoms with Crippen molar-refractivity contribution >= 4 is 37.5 Å². The van der Waals surface area contributed by atoms with E-state index in [0.29, 0.717) is 12.8 Å². The van der Waals surface area contributed by atoms with E-state index in [1.807, 2.05) is 0 Å². The lowest BCUT2D eigenvalue weighted by molar-refractivity contribution is -0.121. The van der Waals surface area contributed by atoms with Crippen molar-refractivity contribution in [3.05, 3.63) is 24.3 Å². The van der Waals surface area contributed by atoms with Gasteiger partial charge in [0.2, 0.25) is 5.91 Å². The molecular formula is C16H19NO7S2. The molecule has 2 amide bonds. The highest BCUT2D eigenvalue weighted by Gasteiger charge is 2.49. The Hall–Kier alpha value is -1.78. The van der Waals surface area contributed by atoms with E-state index >= 15 is 0 Å². The zero-order valence-corrected chi connectivity index (χ0v) is 15.5. The molecule has 26 heavy (non-hydrogen) atoms. The van der Waals surface area contributed by atoms with Gasteiger partial charge in [0.1, 0.15) is 5.25 Å². The predicted molar refractivity (Wildman–Crippen MR) is 92.9 cm³/mol. The molecule has 8 nitrogen and oxygen atoms in total. The Morgan fingerprint density at radius 3 is 2.04 bits per heavy atom. The SMILES string of the molecule is O=C1CC(S(=O)(=O)C2CCCCC2)C(=O)N1c1ccc(S(=O)(=O)O)cc1. The minimum absolute atomic E-state index is 0.0775. The molecule has 1 atom stereocenters. The van der Waals surface area contributed by atoms with E-state index < -0.39 is 48.7 Å². The number of carbonyl (C=O) groups is 2. The van der Waals surface area contributed by atoms with Crippen LogP contribution in [-0.2, 0) is 29.5 Å². The van der Waals surface area contributed by atoms with Crippen LogP contribution in [0.4, 0.5) is 5.69 Å². The van der Waals surface area contributed by atoms with E-state index in [1.54, 1.807) is 0 Å².